The van der Waals surface area contributed by atoms with Gasteiger partial charge in [-0.1, -0.05) is 0 Å². The largest absolute Gasteiger partial charge is 0.354 e. The number of piperazine rings is 2. The molecule has 2 aromatic rings. The maximum atomic E-state index is 12.4. The van der Waals surface area contributed by atoms with E-state index in [1.54, 1.807) is 11.0 Å². The van der Waals surface area contributed by atoms with E-state index in [0.29, 0.717) is 13.1 Å². The number of rotatable bonds is 4. The van der Waals surface area contributed by atoms with E-state index >= 15 is 0 Å². The van der Waals surface area contributed by atoms with Crippen LogP contribution in [0.5, 0.6) is 0 Å². The molecule has 0 spiro atoms. The lowest BCUT2D eigenvalue weighted by Gasteiger charge is -2.36. The molecular weight excluding hydrogens is 358 g/mol. The fourth-order valence-corrected chi connectivity index (χ4v) is 3.63. The molecule has 10 heteroatoms. The molecule has 28 heavy (non-hydrogen) atoms. The first-order chi connectivity index (χ1) is 13.6. The van der Waals surface area contributed by atoms with Crippen molar-refractivity contribution in [3.8, 4) is 0 Å². The molecule has 0 unspecified atom stereocenters. The summed E-state index contributed by atoms with van der Waals surface area (Å²) in [5.41, 5.74) is 0. The number of carbonyl (C=O) groups is 1. The molecule has 2 aliphatic rings. The van der Waals surface area contributed by atoms with E-state index in [1.165, 1.54) is 6.33 Å². The van der Waals surface area contributed by atoms with Gasteiger partial charge < -0.3 is 19.6 Å². The van der Waals surface area contributed by atoms with Gasteiger partial charge in [-0.3, -0.25) is 4.79 Å². The Morgan fingerprint density at radius 3 is 2.14 bits per heavy atom. The molecule has 4 heterocycles. The van der Waals surface area contributed by atoms with Gasteiger partial charge in [0.2, 0.25) is 5.91 Å². The Labute approximate surface area is 164 Å². The number of carbonyl (C=O) groups excluding carboxylic acids is 1. The Morgan fingerprint density at radius 2 is 1.57 bits per heavy atom. The van der Waals surface area contributed by atoms with Gasteiger partial charge in [-0.25, -0.2) is 19.6 Å². The van der Waals surface area contributed by atoms with Crippen LogP contribution in [0.25, 0.3) is 0 Å². The van der Waals surface area contributed by atoms with Crippen LogP contribution in [0.1, 0.15) is 5.82 Å². The molecule has 4 rings (SSSR count). The summed E-state index contributed by atoms with van der Waals surface area (Å²) in [4.78, 5) is 34.4. The number of aromatic nitrogens is 5. The van der Waals surface area contributed by atoms with E-state index in [2.05, 4.69) is 47.9 Å². The second kappa shape index (κ2) is 8.09. The molecule has 1 amide bonds. The fourth-order valence-electron chi connectivity index (χ4n) is 3.63. The van der Waals surface area contributed by atoms with Crippen molar-refractivity contribution in [3.05, 3.63) is 24.5 Å². The number of anilines is 2. The van der Waals surface area contributed by atoms with Crippen LogP contribution in [-0.4, -0.2) is 99.8 Å². The predicted molar refractivity (Wildman–Crippen MR) is 105 cm³/mol. The average Bonchev–Trinajstić information content (AvgIpc) is 3.21. The molecule has 2 fully saturated rings. The summed E-state index contributed by atoms with van der Waals surface area (Å²) in [5.74, 6) is 2.81. The van der Waals surface area contributed by atoms with Gasteiger partial charge in [0.1, 0.15) is 36.7 Å². The molecular formula is C18H27N9O. The molecule has 2 aromatic heterocycles. The topological polar surface area (TPSA) is 86.5 Å². The average molecular weight is 385 g/mol. The minimum atomic E-state index is 0.0714. The van der Waals surface area contributed by atoms with Crippen molar-refractivity contribution in [1.29, 1.82) is 0 Å². The molecule has 0 aliphatic carbocycles. The molecule has 2 aliphatic heterocycles. The number of hydrogen-bond donors (Lipinski definition) is 0. The molecule has 0 bridgehead atoms. The van der Waals surface area contributed by atoms with Gasteiger partial charge in [0, 0.05) is 58.4 Å². The van der Waals surface area contributed by atoms with Gasteiger partial charge in [-0.05, 0) is 14.0 Å². The number of amides is 1. The molecule has 0 saturated carbocycles. The fraction of sp³-hybridized carbons (Fsp3) is 0.611. The van der Waals surface area contributed by atoms with Crippen molar-refractivity contribution >= 4 is 17.5 Å². The maximum Gasteiger partial charge on any atom is 0.244 e. The summed E-state index contributed by atoms with van der Waals surface area (Å²) in [7, 11) is 2.15. The van der Waals surface area contributed by atoms with Crippen molar-refractivity contribution in [3.63, 3.8) is 0 Å². The SMILES string of the molecule is Cc1nc(N2CCN(C)CC2)cc(N2CCN(C(=O)Cn3cncn3)CC2)n1. The third-order valence-electron chi connectivity index (χ3n) is 5.36. The zero-order valence-corrected chi connectivity index (χ0v) is 16.5. The Bertz CT molecular complexity index is 793. The monoisotopic (exact) mass is 385 g/mol. The van der Waals surface area contributed by atoms with E-state index < -0.39 is 0 Å². The zero-order chi connectivity index (χ0) is 19.5. The van der Waals surface area contributed by atoms with Gasteiger partial charge in [0.15, 0.2) is 0 Å². The van der Waals surface area contributed by atoms with Crippen molar-refractivity contribution in [2.75, 3.05) is 69.2 Å². The van der Waals surface area contributed by atoms with Gasteiger partial charge in [0.05, 0.1) is 0 Å². The highest BCUT2D eigenvalue weighted by Crippen LogP contribution is 2.21. The van der Waals surface area contributed by atoms with Crippen molar-refractivity contribution in [2.24, 2.45) is 0 Å². The maximum absolute atomic E-state index is 12.4. The van der Waals surface area contributed by atoms with E-state index in [9.17, 15) is 4.79 Å². The lowest BCUT2D eigenvalue weighted by molar-refractivity contribution is -0.132. The third kappa shape index (κ3) is 4.22. The lowest BCUT2D eigenvalue weighted by Crippen LogP contribution is -2.50. The Hall–Kier alpha value is -2.75. The van der Waals surface area contributed by atoms with Crippen LogP contribution in [0, 0.1) is 6.92 Å². The normalized spacial score (nSPS) is 18.6. The quantitative estimate of drug-likeness (QED) is 0.695. The van der Waals surface area contributed by atoms with Crippen molar-refractivity contribution in [1.82, 2.24) is 34.5 Å². The van der Waals surface area contributed by atoms with Crippen LogP contribution < -0.4 is 9.80 Å². The first-order valence-electron chi connectivity index (χ1n) is 9.73. The highest BCUT2D eigenvalue weighted by atomic mass is 16.2. The molecule has 0 atom stereocenters. The van der Waals surface area contributed by atoms with Gasteiger partial charge in [-0.15, -0.1) is 0 Å². The van der Waals surface area contributed by atoms with Crippen LogP contribution in [0.3, 0.4) is 0 Å². The van der Waals surface area contributed by atoms with Gasteiger partial charge in [-0.2, -0.15) is 5.10 Å². The molecule has 150 valence electrons. The summed E-state index contributed by atoms with van der Waals surface area (Å²) >= 11 is 0. The standard InChI is InChI=1S/C18H27N9O/c1-15-21-16(24-5-3-23(2)4-6-24)11-17(22-15)25-7-9-26(10-8-25)18(28)12-27-14-19-13-20-27/h11,13-14H,3-10,12H2,1-2H3. The Balaban J connectivity index is 1.38. The summed E-state index contributed by atoms with van der Waals surface area (Å²) < 4.78 is 1.56. The lowest BCUT2D eigenvalue weighted by atomic mass is 10.3. The zero-order valence-electron chi connectivity index (χ0n) is 16.5. The second-order valence-corrected chi connectivity index (χ2v) is 7.38. The van der Waals surface area contributed by atoms with Crippen molar-refractivity contribution < 1.29 is 4.79 Å². The molecule has 10 nitrogen and oxygen atoms in total. The molecule has 0 radical (unpaired) electrons. The van der Waals surface area contributed by atoms with E-state index in [0.717, 1.165) is 56.7 Å². The highest BCUT2D eigenvalue weighted by molar-refractivity contribution is 5.76. The van der Waals surface area contributed by atoms with E-state index in [-0.39, 0.29) is 12.5 Å². The minimum Gasteiger partial charge on any atom is -0.354 e. The summed E-state index contributed by atoms with van der Waals surface area (Å²) in [6.45, 7) is 9.13. The molecule has 0 N–H and O–H groups in total. The number of likely N-dealkylation sites (N-methyl/N-ethyl adjacent to an activating group) is 1. The van der Waals surface area contributed by atoms with Gasteiger partial charge in [0.25, 0.3) is 0 Å². The molecule has 0 aromatic carbocycles. The van der Waals surface area contributed by atoms with Crippen LogP contribution >= 0.6 is 0 Å². The first-order valence-corrected chi connectivity index (χ1v) is 9.73. The van der Waals surface area contributed by atoms with Gasteiger partial charge >= 0.3 is 0 Å². The Morgan fingerprint density at radius 1 is 0.964 bits per heavy atom. The number of nitrogens with zero attached hydrogens (tertiary/aromatic N) is 9. The number of aryl methyl sites for hydroxylation is 1. The van der Waals surface area contributed by atoms with E-state index in [1.807, 2.05) is 11.8 Å². The smallest absolute Gasteiger partial charge is 0.244 e. The predicted octanol–water partition coefficient (Wildman–Crippen LogP) is -0.523. The Kier molecular flexibility index (Phi) is 5.38. The highest BCUT2D eigenvalue weighted by Gasteiger charge is 2.24. The third-order valence-corrected chi connectivity index (χ3v) is 5.36. The van der Waals surface area contributed by atoms with Crippen LogP contribution in [0.2, 0.25) is 0 Å². The van der Waals surface area contributed by atoms with Crippen molar-refractivity contribution in [2.45, 2.75) is 13.5 Å². The second-order valence-electron chi connectivity index (χ2n) is 7.38. The first kappa shape index (κ1) is 18.6. The summed E-state index contributed by atoms with van der Waals surface area (Å²) in [6, 6.07) is 2.09. The number of hydrogen-bond acceptors (Lipinski definition) is 8. The minimum absolute atomic E-state index is 0.0714. The summed E-state index contributed by atoms with van der Waals surface area (Å²) in [6.07, 6.45) is 3.01. The molecule has 2 saturated heterocycles. The van der Waals surface area contributed by atoms with Crippen LogP contribution in [0.4, 0.5) is 11.6 Å². The van der Waals surface area contributed by atoms with E-state index in [4.69, 9.17) is 0 Å². The van der Waals surface area contributed by atoms with Crippen LogP contribution in [0.15, 0.2) is 18.7 Å². The summed E-state index contributed by atoms with van der Waals surface area (Å²) in [5, 5.41) is 4.01. The van der Waals surface area contributed by atoms with Crippen LogP contribution in [-0.2, 0) is 11.3 Å².